The third-order valence-electron chi connectivity index (χ3n) is 4.12. The van der Waals surface area contributed by atoms with Gasteiger partial charge in [0, 0.05) is 12.0 Å². The fraction of sp³-hybridized carbons (Fsp3) is 0.500. The number of ketones is 1. The molecule has 1 saturated carbocycles. The third-order valence-corrected chi connectivity index (χ3v) is 4.12. The first-order valence-electron chi connectivity index (χ1n) is 6.91. The van der Waals surface area contributed by atoms with Crippen LogP contribution in [0.15, 0.2) is 24.3 Å². The zero-order chi connectivity index (χ0) is 13.8. The molecular formula is C16H20O3. The molecule has 3 heteroatoms. The highest BCUT2D eigenvalue weighted by Gasteiger charge is 2.32. The number of rotatable bonds is 4. The summed E-state index contributed by atoms with van der Waals surface area (Å²) in [5, 5.41) is 9.24. The number of carboxylic acid groups (broad SMARTS) is 1. The SMILES string of the molecule is Cc1ccccc1C(=O)C[C@@H]1CCCC[C@H]1C(=O)O. The zero-order valence-corrected chi connectivity index (χ0v) is 11.3. The molecule has 0 aromatic heterocycles. The molecule has 0 aliphatic heterocycles. The summed E-state index contributed by atoms with van der Waals surface area (Å²) in [5.74, 6) is -1.02. The van der Waals surface area contributed by atoms with Crippen molar-refractivity contribution in [2.75, 3.05) is 0 Å². The molecule has 0 bridgehead atoms. The molecule has 0 unspecified atom stereocenters. The van der Waals surface area contributed by atoms with Gasteiger partial charge in [-0.25, -0.2) is 0 Å². The van der Waals surface area contributed by atoms with Crippen LogP contribution in [0.3, 0.4) is 0 Å². The largest absolute Gasteiger partial charge is 0.481 e. The number of carbonyl (C=O) groups excluding carboxylic acids is 1. The summed E-state index contributed by atoms with van der Waals surface area (Å²) in [6, 6.07) is 7.52. The van der Waals surface area contributed by atoms with E-state index in [1.54, 1.807) is 0 Å². The van der Waals surface area contributed by atoms with Crippen molar-refractivity contribution in [3.05, 3.63) is 35.4 Å². The molecule has 0 saturated heterocycles. The molecule has 0 radical (unpaired) electrons. The Morgan fingerprint density at radius 3 is 2.58 bits per heavy atom. The number of carboxylic acids is 1. The van der Waals surface area contributed by atoms with E-state index in [2.05, 4.69) is 0 Å². The van der Waals surface area contributed by atoms with Crippen molar-refractivity contribution in [3.8, 4) is 0 Å². The van der Waals surface area contributed by atoms with Gasteiger partial charge in [-0.2, -0.15) is 0 Å². The van der Waals surface area contributed by atoms with Crippen LogP contribution in [-0.4, -0.2) is 16.9 Å². The molecule has 19 heavy (non-hydrogen) atoms. The Hall–Kier alpha value is -1.64. The van der Waals surface area contributed by atoms with Crippen LogP contribution in [-0.2, 0) is 4.79 Å². The number of Topliss-reactive ketones (excluding diaryl/α,β-unsaturated/α-hetero) is 1. The van der Waals surface area contributed by atoms with E-state index in [1.807, 2.05) is 31.2 Å². The molecular weight excluding hydrogens is 240 g/mol. The van der Waals surface area contributed by atoms with Gasteiger partial charge in [-0.1, -0.05) is 37.1 Å². The second-order valence-corrected chi connectivity index (χ2v) is 5.43. The molecule has 1 aliphatic rings. The summed E-state index contributed by atoms with van der Waals surface area (Å²) >= 11 is 0. The molecule has 1 aliphatic carbocycles. The fourth-order valence-electron chi connectivity index (χ4n) is 3.01. The smallest absolute Gasteiger partial charge is 0.306 e. The molecule has 1 N–H and O–H groups in total. The lowest BCUT2D eigenvalue weighted by atomic mass is 9.76. The van der Waals surface area contributed by atoms with Crippen LogP contribution in [0.2, 0.25) is 0 Å². The molecule has 0 spiro atoms. The third kappa shape index (κ3) is 3.22. The Labute approximate surface area is 113 Å². The second-order valence-electron chi connectivity index (χ2n) is 5.43. The summed E-state index contributed by atoms with van der Waals surface area (Å²) in [5.41, 5.74) is 1.70. The Morgan fingerprint density at radius 1 is 1.21 bits per heavy atom. The number of carbonyl (C=O) groups is 2. The van der Waals surface area contributed by atoms with Crippen molar-refractivity contribution >= 4 is 11.8 Å². The maximum absolute atomic E-state index is 12.3. The normalized spacial score (nSPS) is 23.0. The highest BCUT2D eigenvalue weighted by molar-refractivity contribution is 5.97. The second kappa shape index (κ2) is 6.00. The molecule has 2 atom stereocenters. The summed E-state index contributed by atoms with van der Waals surface area (Å²) in [6.45, 7) is 1.92. The Bertz CT molecular complexity index is 479. The van der Waals surface area contributed by atoms with Gasteiger partial charge in [0.15, 0.2) is 5.78 Å². The number of aryl methyl sites for hydroxylation is 1. The van der Waals surface area contributed by atoms with Crippen molar-refractivity contribution in [2.45, 2.75) is 39.0 Å². The first-order chi connectivity index (χ1) is 9.09. The van der Waals surface area contributed by atoms with Crippen molar-refractivity contribution in [2.24, 2.45) is 11.8 Å². The van der Waals surface area contributed by atoms with Gasteiger partial charge in [-0.15, -0.1) is 0 Å². The summed E-state index contributed by atoms with van der Waals surface area (Å²) in [7, 11) is 0. The topological polar surface area (TPSA) is 54.4 Å². The zero-order valence-electron chi connectivity index (χ0n) is 11.3. The predicted octanol–water partition coefficient (Wildman–Crippen LogP) is 3.46. The van der Waals surface area contributed by atoms with E-state index in [9.17, 15) is 14.7 Å². The standard InChI is InChI=1S/C16H20O3/c1-11-6-2-4-8-13(11)15(17)10-12-7-3-5-9-14(12)16(18)19/h2,4,6,8,12,14H,3,5,7,9-10H2,1H3,(H,18,19)/t12-,14+/m0/s1. The van der Waals surface area contributed by atoms with Crippen LogP contribution in [0.25, 0.3) is 0 Å². The minimum Gasteiger partial charge on any atom is -0.481 e. The Kier molecular flexibility index (Phi) is 4.35. The maximum atomic E-state index is 12.3. The van der Waals surface area contributed by atoms with E-state index >= 15 is 0 Å². The average Bonchev–Trinajstić information content (AvgIpc) is 2.39. The molecule has 1 fully saturated rings. The van der Waals surface area contributed by atoms with E-state index in [1.165, 1.54) is 0 Å². The van der Waals surface area contributed by atoms with Gasteiger partial charge in [0.1, 0.15) is 0 Å². The van der Waals surface area contributed by atoms with Crippen LogP contribution >= 0.6 is 0 Å². The average molecular weight is 260 g/mol. The number of benzene rings is 1. The lowest BCUT2D eigenvalue weighted by Crippen LogP contribution is -2.28. The van der Waals surface area contributed by atoms with Gasteiger partial charge in [-0.05, 0) is 31.2 Å². The van der Waals surface area contributed by atoms with Crippen molar-refractivity contribution in [1.29, 1.82) is 0 Å². The maximum Gasteiger partial charge on any atom is 0.306 e. The molecule has 0 heterocycles. The van der Waals surface area contributed by atoms with Crippen molar-refractivity contribution in [1.82, 2.24) is 0 Å². The van der Waals surface area contributed by atoms with E-state index in [4.69, 9.17) is 0 Å². The predicted molar refractivity (Wildman–Crippen MR) is 73.2 cm³/mol. The Morgan fingerprint density at radius 2 is 1.89 bits per heavy atom. The first-order valence-corrected chi connectivity index (χ1v) is 6.91. The summed E-state index contributed by atoms with van der Waals surface area (Å²) in [6.07, 6.45) is 3.93. The number of hydrogen-bond donors (Lipinski definition) is 1. The molecule has 0 amide bonds. The lowest BCUT2D eigenvalue weighted by Gasteiger charge is -2.28. The number of aliphatic carboxylic acids is 1. The lowest BCUT2D eigenvalue weighted by molar-refractivity contribution is -0.144. The van der Waals surface area contributed by atoms with E-state index in [-0.39, 0.29) is 17.6 Å². The van der Waals surface area contributed by atoms with Crippen LogP contribution in [0.4, 0.5) is 0 Å². The summed E-state index contributed by atoms with van der Waals surface area (Å²) < 4.78 is 0. The van der Waals surface area contributed by atoms with E-state index < -0.39 is 5.97 Å². The minimum atomic E-state index is -0.748. The van der Waals surface area contributed by atoms with Crippen LogP contribution < -0.4 is 0 Å². The van der Waals surface area contributed by atoms with Gasteiger partial charge in [-0.3, -0.25) is 9.59 Å². The summed E-state index contributed by atoms with van der Waals surface area (Å²) in [4.78, 5) is 23.5. The van der Waals surface area contributed by atoms with Crippen LogP contribution in [0.5, 0.6) is 0 Å². The monoisotopic (exact) mass is 260 g/mol. The van der Waals surface area contributed by atoms with Gasteiger partial charge < -0.3 is 5.11 Å². The van der Waals surface area contributed by atoms with E-state index in [0.29, 0.717) is 12.8 Å². The minimum absolute atomic E-state index is 0.00152. The van der Waals surface area contributed by atoms with Gasteiger partial charge in [0.2, 0.25) is 0 Å². The molecule has 102 valence electrons. The quantitative estimate of drug-likeness (QED) is 0.843. The van der Waals surface area contributed by atoms with Crippen molar-refractivity contribution in [3.63, 3.8) is 0 Å². The molecule has 1 aromatic rings. The fourth-order valence-corrected chi connectivity index (χ4v) is 3.01. The highest BCUT2D eigenvalue weighted by atomic mass is 16.4. The molecule has 1 aromatic carbocycles. The molecule has 3 nitrogen and oxygen atoms in total. The van der Waals surface area contributed by atoms with Gasteiger partial charge >= 0.3 is 5.97 Å². The van der Waals surface area contributed by atoms with E-state index in [0.717, 1.165) is 30.4 Å². The van der Waals surface area contributed by atoms with Gasteiger partial charge in [0.25, 0.3) is 0 Å². The van der Waals surface area contributed by atoms with Gasteiger partial charge in [0.05, 0.1) is 5.92 Å². The highest BCUT2D eigenvalue weighted by Crippen LogP contribution is 2.33. The van der Waals surface area contributed by atoms with Crippen LogP contribution in [0.1, 0.15) is 48.0 Å². The first kappa shape index (κ1) is 13.8. The number of hydrogen-bond acceptors (Lipinski definition) is 2. The van der Waals surface area contributed by atoms with Crippen molar-refractivity contribution < 1.29 is 14.7 Å². The molecule has 2 rings (SSSR count). The van der Waals surface area contributed by atoms with Crippen LogP contribution in [0, 0.1) is 18.8 Å². The Balaban J connectivity index is 2.09.